The van der Waals surface area contributed by atoms with Gasteiger partial charge in [0.05, 0.1) is 21.6 Å². The summed E-state index contributed by atoms with van der Waals surface area (Å²) in [6.07, 6.45) is 1.00. The Labute approximate surface area is 117 Å². The van der Waals surface area contributed by atoms with Gasteiger partial charge in [-0.25, -0.2) is 4.98 Å². The molecule has 2 aromatic heterocycles. The van der Waals surface area contributed by atoms with E-state index < -0.39 is 0 Å². The van der Waals surface area contributed by atoms with Crippen LogP contribution in [0, 0.1) is 0 Å². The van der Waals surface area contributed by atoms with Gasteiger partial charge in [-0.2, -0.15) is 0 Å². The van der Waals surface area contributed by atoms with Crippen LogP contribution in [0.15, 0.2) is 28.7 Å². The molecule has 92 valence electrons. The molecular weight excluding hydrogens is 310 g/mol. The van der Waals surface area contributed by atoms with Crippen LogP contribution in [0.25, 0.3) is 22.4 Å². The van der Waals surface area contributed by atoms with Gasteiger partial charge in [-0.3, -0.25) is 0 Å². The number of hydrogen-bond acceptors (Lipinski definition) is 3. The number of anilines is 1. The van der Waals surface area contributed by atoms with Gasteiger partial charge in [-0.15, -0.1) is 11.3 Å². The quantitative estimate of drug-likeness (QED) is 0.743. The molecule has 0 saturated carbocycles. The minimum Gasteiger partial charge on any atom is -0.390 e. The Morgan fingerprint density at radius 3 is 2.94 bits per heavy atom. The second-order valence-electron chi connectivity index (χ2n) is 4.09. The second kappa shape index (κ2) is 4.40. The van der Waals surface area contributed by atoms with Crippen LogP contribution >= 0.6 is 27.3 Å². The number of hydrogen-bond donors (Lipinski definition) is 2. The standard InChI is InChI=1S/C13H12BrN3S/c1-2-8-6-9(12(15)18-8)13-16-10-4-3-7(14)5-11(10)17-13/h3-6H,2,15H2,1H3,(H,16,17). The van der Waals surface area contributed by atoms with Gasteiger partial charge in [0, 0.05) is 9.35 Å². The molecule has 0 aliphatic carbocycles. The van der Waals surface area contributed by atoms with Crippen molar-refractivity contribution in [1.82, 2.24) is 9.97 Å². The Morgan fingerprint density at radius 2 is 2.22 bits per heavy atom. The van der Waals surface area contributed by atoms with E-state index in [0.29, 0.717) is 0 Å². The van der Waals surface area contributed by atoms with Crippen LogP contribution < -0.4 is 5.73 Å². The number of nitrogens with one attached hydrogen (secondary N) is 1. The third kappa shape index (κ3) is 1.93. The number of nitrogens with zero attached hydrogens (tertiary/aromatic N) is 1. The molecule has 18 heavy (non-hydrogen) atoms. The highest BCUT2D eigenvalue weighted by Gasteiger charge is 2.11. The number of fused-ring (bicyclic) bond motifs is 1. The lowest BCUT2D eigenvalue weighted by molar-refractivity contribution is 1.18. The Bertz CT molecular complexity index is 714. The minimum atomic E-state index is 0.824. The third-order valence-electron chi connectivity index (χ3n) is 2.86. The second-order valence-corrected chi connectivity index (χ2v) is 6.18. The maximum atomic E-state index is 6.05. The van der Waals surface area contributed by atoms with Crippen LogP contribution in [0.3, 0.4) is 0 Å². The lowest BCUT2D eigenvalue weighted by Crippen LogP contribution is -1.84. The van der Waals surface area contributed by atoms with Crippen LogP contribution in [0.5, 0.6) is 0 Å². The molecule has 3 nitrogen and oxygen atoms in total. The van der Waals surface area contributed by atoms with E-state index >= 15 is 0 Å². The zero-order valence-electron chi connectivity index (χ0n) is 9.83. The van der Waals surface area contributed by atoms with Crippen molar-refractivity contribution in [3.05, 3.63) is 33.6 Å². The molecule has 3 N–H and O–H groups in total. The normalized spacial score (nSPS) is 11.2. The molecule has 1 aromatic carbocycles. The maximum Gasteiger partial charge on any atom is 0.141 e. The number of nitrogens with two attached hydrogens (primary N) is 1. The molecule has 0 spiro atoms. The van der Waals surface area contributed by atoms with Crippen molar-refractivity contribution in [2.45, 2.75) is 13.3 Å². The first-order valence-electron chi connectivity index (χ1n) is 5.71. The number of thiophene rings is 1. The van der Waals surface area contributed by atoms with Crippen molar-refractivity contribution in [2.75, 3.05) is 5.73 Å². The topological polar surface area (TPSA) is 54.7 Å². The van der Waals surface area contributed by atoms with E-state index in [4.69, 9.17) is 5.73 Å². The van der Waals surface area contributed by atoms with Crippen LogP contribution in [-0.4, -0.2) is 9.97 Å². The Kier molecular flexibility index (Phi) is 2.87. The first-order chi connectivity index (χ1) is 8.67. The van der Waals surface area contributed by atoms with Gasteiger partial charge in [0.1, 0.15) is 5.82 Å². The molecular formula is C13H12BrN3S. The van der Waals surface area contributed by atoms with Crippen LogP contribution in [-0.2, 0) is 6.42 Å². The van der Waals surface area contributed by atoms with E-state index in [2.05, 4.69) is 38.9 Å². The lowest BCUT2D eigenvalue weighted by Gasteiger charge is -1.92. The monoisotopic (exact) mass is 321 g/mol. The molecule has 5 heteroatoms. The first-order valence-corrected chi connectivity index (χ1v) is 7.32. The Morgan fingerprint density at radius 1 is 1.39 bits per heavy atom. The summed E-state index contributed by atoms with van der Waals surface area (Å²) in [6, 6.07) is 8.12. The fourth-order valence-corrected chi connectivity index (χ4v) is 3.16. The molecule has 0 atom stereocenters. The van der Waals surface area contributed by atoms with Gasteiger partial charge >= 0.3 is 0 Å². The first kappa shape index (κ1) is 11.7. The number of H-pyrrole nitrogens is 1. The van der Waals surface area contributed by atoms with Crippen molar-refractivity contribution in [1.29, 1.82) is 0 Å². The number of nitrogen functional groups attached to an aromatic ring is 1. The number of aromatic nitrogens is 2. The van der Waals surface area contributed by atoms with Gasteiger partial charge in [0.2, 0.25) is 0 Å². The highest BCUT2D eigenvalue weighted by atomic mass is 79.9. The summed E-state index contributed by atoms with van der Waals surface area (Å²) in [6.45, 7) is 2.13. The molecule has 0 bridgehead atoms. The zero-order chi connectivity index (χ0) is 12.7. The summed E-state index contributed by atoms with van der Waals surface area (Å²) in [4.78, 5) is 9.18. The summed E-state index contributed by atoms with van der Waals surface area (Å²) >= 11 is 5.09. The van der Waals surface area contributed by atoms with E-state index in [1.807, 2.05) is 18.2 Å². The Hall–Kier alpha value is -1.33. The van der Waals surface area contributed by atoms with E-state index in [1.165, 1.54) is 4.88 Å². The van der Waals surface area contributed by atoms with Gasteiger partial charge in [-0.05, 0) is 30.7 Å². The highest BCUT2D eigenvalue weighted by Crippen LogP contribution is 2.33. The third-order valence-corrected chi connectivity index (χ3v) is 4.46. The summed E-state index contributed by atoms with van der Waals surface area (Å²) in [5.41, 5.74) is 9.03. The minimum absolute atomic E-state index is 0.824. The molecule has 0 saturated heterocycles. The average molecular weight is 322 g/mol. The summed E-state index contributed by atoms with van der Waals surface area (Å²) in [5, 5.41) is 0.824. The number of benzene rings is 1. The number of aromatic amines is 1. The number of aryl methyl sites for hydroxylation is 1. The highest BCUT2D eigenvalue weighted by molar-refractivity contribution is 9.10. The summed E-state index contributed by atoms with van der Waals surface area (Å²) < 4.78 is 1.04. The van der Waals surface area contributed by atoms with Gasteiger partial charge < -0.3 is 10.7 Å². The largest absolute Gasteiger partial charge is 0.390 e. The molecule has 0 aliphatic heterocycles. The van der Waals surface area contributed by atoms with Gasteiger partial charge in [-0.1, -0.05) is 22.9 Å². The Balaban J connectivity index is 2.15. The molecule has 0 aliphatic rings. The molecule has 2 heterocycles. The van der Waals surface area contributed by atoms with Crippen LogP contribution in [0.1, 0.15) is 11.8 Å². The van der Waals surface area contributed by atoms with E-state index in [0.717, 1.165) is 38.3 Å². The molecule has 0 amide bonds. The fourth-order valence-electron chi connectivity index (χ4n) is 1.93. The number of rotatable bonds is 2. The smallest absolute Gasteiger partial charge is 0.141 e. The van der Waals surface area contributed by atoms with E-state index in [1.54, 1.807) is 11.3 Å². The van der Waals surface area contributed by atoms with Gasteiger partial charge in [0.25, 0.3) is 0 Å². The molecule has 3 rings (SSSR count). The van der Waals surface area contributed by atoms with Crippen LogP contribution in [0.4, 0.5) is 5.00 Å². The SMILES string of the molecule is CCc1cc(-c2nc3ccc(Br)cc3[nH]2)c(N)s1. The predicted molar refractivity (Wildman–Crippen MR) is 80.9 cm³/mol. The van der Waals surface area contributed by atoms with Crippen molar-refractivity contribution in [2.24, 2.45) is 0 Å². The summed E-state index contributed by atoms with van der Waals surface area (Å²) in [7, 11) is 0. The maximum absolute atomic E-state index is 6.05. The molecule has 0 unspecified atom stereocenters. The molecule has 0 fully saturated rings. The van der Waals surface area contributed by atoms with Gasteiger partial charge in [0.15, 0.2) is 0 Å². The fraction of sp³-hybridized carbons (Fsp3) is 0.154. The number of halogens is 1. The van der Waals surface area contributed by atoms with Crippen molar-refractivity contribution in [3.8, 4) is 11.4 Å². The summed E-state index contributed by atoms with van der Waals surface area (Å²) in [5.74, 6) is 0.844. The molecule has 3 aromatic rings. The van der Waals surface area contributed by atoms with Crippen LogP contribution in [0.2, 0.25) is 0 Å². The van der Waals surface area contributed by atoms with Crippen molar-refractivity contribution >= 4 is 43.3 Å². The lowest BCUT2D eigenvalue weighted by atomic mass is 10.2. The average Bonchev–Trinajstić information content (AvgIpc) is 2.91. The van der Waals surface area contributed by atoms with Crippen molar-refractivity contribution in [3.63, 3.8) is 0 Å². The number of imidazole rings is 1. The van der Waals surface area contributed by atoms with E-state index in [9.17, 15) is 0 Å². The zero-order valence-corrected chi connectivity index (χ0v) is 12.2. The molecule has 0 radical (unpaired) electrons. The van der Waals surface area contributed by atoms with Crippen molar-refractivity contribution < 1.29 is 0 Å². The van der Waals surface area contributed by atoms with E-state index in [-0.39, 0.29) is 0 Å². The predicted octanol–water partition coefficient (Wildman–Crippen LogP) is 4.20.